The van der Waals surface area contributed by atoms with E-state index in [9.17, 15) is 4.79 Å². The fourth-order valence-corrected chi connectivity index (χ4v) is 0.973. The first kappa shape index (κ1) is 12.2. The van der Waals surface area contributed by atoms with E-state index in [1.54, 1.807) is 11.9 Å². The lowest BCUT2D eigenvalue weighted by Crippen LogP contribution is -2.30. The molecule has 3 heteroatoms. The van der Waals surface area contributed by atoms with Gasteiger partial charge >= 0.3 is 0 Å². The molecule has 3 nitrogen and oxygen atoms in total. The number of nitrogens with zero attached hydrogens (tertiary/aromatic N) is 1. The number of hydrogen-bond donors (Lipinski definition) is 1. The van der Waals surface area contributed by atoms with Gasteiger partial charge < -0.3 is 10.2 Å². The predicted octanol–water partition coefficient (Wildman–Crippen LogP) is 1.02. The summed E-state index contributed by atoms with van der Waals surface area (Å²) in [5.41, 5.74) is 0. The smallest absolute Gasteiger partial charge is 0.245 e. The monoisotopic (exact) mass is 184 g/mol. The molecule has 0 fully saturated rings. The second-order valence-corrected chi connectivity index (χ2v) is 3.43. The summed E-state index contributed by atoms with van der Waals surface area (Å²) in [6.45, 7) is 9.38. The fraction of sp³-hybridized carbons (Fsp3) is 0.700. The van der Waals surface area contributed by atoms with Crippen LogP contribution in [0, 0.1) is 0 Å². The molecule has 0 spiro atoms. The van der Waals surface area contributed by atoms with E-state index in [0.717, 1.165) is 19.5 Å². The van der Waals surface area contributed by atoms with Gasteiger partial charge in [0.25, 0.3) is 0 Å². The summed E-state index contributed by atoms with van der Waals surface area (Å²) in [5.74, 6) is -0.00968. The summed E-state index contributed by atoms with van der Waals surface area (Å²) < 4.78 is 0. The molecule has 0 aliphatic heterocycles. The van der Waals surface area contributed by atoms with Crippen molar-refractivity contribution in [2.24, 2.45) is 0 Å². The molecule has 0 heterocycles. The van der Waals surface area contributed by atoms with Gasteiger partial charge in [-0.25, -0.2) is 0 Å². The third kappa shape index (κ3) is 6.34. The Morgan fingerprint density at radius 3 is 2.69 bits per heavy atom. The molecule has 0 saturated heterocycles. The quantitative estimate of drug-likeness (QED) is 0.494. The van der Waals surface area contributed by atoms with Crippen molar-refractivity contribution in [2.45, 2.75) is 26.3 Å². The molecule has 1 N–H and O–H groups in total. The maximum atomic E-state index is 11.0. The van der Waals surface area contributed by atoms with E-state index < -0.39 is 0 Å². The Kier molecular flexibility index (Phi) is 6.24. The maximum Gasteiger partial charge on any atom is 0.245 e. The van der Waals surface area contributed by atoms with Crippen molar-refractivity contribution < 1.29 is 4.79 Å². The molecule has 0 atom stereocenters. The van der Waals surface area contributed by atoms with Crippen molar-refractivity contribution >= 4 is 5.91 Å². The van der Waals surface area contributed by atoms with E-state index >= 15 is 0 Å². The second-order valence-electron chi connectivity index (χ2n) is 3.43. The van der Waals surface area contributed by atoms with Crippen molar-refractivity contribution in [1.82, 2.24) is 10.2 Å². The van der Waals surface area contributed by atoms with Crippen LogP contribution in [-0.4, -0.2) is 37.0 Å². The zero-order valence-corrected chi connectivity index (χ0v) is 8.84. The standard InChI is InChI=1S/C10H20N2O/c1-5-10(13)12(4)8-6-7-11-9(2)3/h5,9,11H,1,6-8H2,2-4H3. The number of amides is 1. The SMILES string of the molecule is C=CC(=O)N(C)CCCNC(C)C. The summed E-state index contributed by atoms with van der Waals surface area (Å²) in [6.07, 6.45) is 2.32. The molecule has 0 aliphatic carbocycles. The van der Waals surface area contributed by atoms with Crippen molar-refractivity contribution in [1.29, 1.82) is 0 Å². The highest BCUT2D eigenvalue weighted by molar-refractivity contribution is 5.86. The van der Waals surface area contributed by atoms with Crippen LogP contribution in [0.15, 0.2) is 12.7 Å². The van der Waals surface area contributed by atoms with Crippen LogP contribution in [0.4, 0.5) is 0 Å². The molecule has 0 rings (SSSR count). The molecule has 0 unspecified atom stereocenters. The van der Waals surface area contributed by atoms with Gasteiger partial charge in [0.2, 0.25) is 5.91 Å². The number of carbonyl (C=O) groups excluding carboxylic acids is 1. The Morgan fingerprint density at radius 1 is 1.62 bits per heavy atom. The van der Waals surface area contributed by atoms with Gasteiger partial charge in [-0.15, -0.1) is 0 Å². The number of carbonyl (C=O) groups is 1. The number of nitrogens with one attached hydrogen (secondary N) is 1. The Labute approximate surface area is 80.8 Å². The van der Waals surface area contributed by atoms with E-state index in [2.05, 4.69) is 25.7 Å². The minimum absolute atomic E-state index is 0.00968. The van der Waals surface area contributed by atoms with Gasteiger partial charge in [0, 0.05) is 19.6 Å². The van der Waals surface area contributed by atoms with Crippen LogP contribution in [0.25, 0.3) is 0 Å². The third-order valence-corrected chi connectivity index (χ3v) is 1.77. The molecular formula is C10H20N2O. The summed E-state index contributed by atoms with van der Waals surface area (Å²) in [6, 6.07) is 0.514. The van der Waals surface area contributed by atoms with Crippen molar-refractivity contribution in [3.63, 3.8) is 0 Å². The fourth-order valence-electron chi connectivity index (χ4n) is 0.973. The molecule has 0 saturated carbocycles. The van der Waals surface area contributed by atoms with Gasteiger partial charge in [-0.1, -0.05) is 20.4 Å². The molecule has 0 radical (unpaired) electrons. The van der Waals surface area contributed by atoms with Crippen LogP contribution in [0.1, 0.15) is 20.3 Å². The molecule has 0 aromatic carbocycles. The summed E-state index contributed by atoms with van der Waals surface area (Å²) in [7, 11) is 1.79. The number of rotatable bonds is 6. The number of hydrogen-bond acceptors (Lipinski definition) is 2. The average molecular weight is 184 g/mol. The van der Waals surface area contributed by atoms with E-state index in [0.29, 0.717) is 6.04 Å². The van der Waals surface area contributed by atoms with Gasteiger partial charge in [-0.3, -0.25) is 4.79 Å². The van der Waals surface area contributed by atoms with E-state index in [4.69, 9.17) is 0 Å². The van der Waals surface area contributed by atoms with Crippen LogP contribution >= 0.6 is 0 Å². The third-order valence-electron chi connectivity index (χ3n) is 1.77. The summed E-state index contributed by atoms with van der Waals surface area (Å²) in [4.78, 5) is 12.7. The predicted molar refractivity (Wildman–Crippen MR) is 55.6 cm³/mol. The number of likely N-dealkylation sites (N-methyl/N-ethyl adjacent to an activating group) is 1. The molecular weight excluding hydrogens is 164 g/mol. The van der Waals surface area contributed by atoms with Crippen molar-refractivity contribution in [2.75, 3.05) is 20.1 Å². The lowest BCUT2D eigenvalue weighted by Gasteiger charge is -2.15. The Morgan fingerprint density at radius 2 is 2.23 bits per heavy atom. The minimum Gasteiger partial charge on any atom is -0.342 e. The molecule has 0 aromatic heterocycles. The van der Waals surface area contributed by atoms with Crippen LogP contribution in [0.2, 0.25) is 0 Å². The zero-order chi connectivity index (χ0) is 10.3. The first-order chi connectivity index (χ1) is 6.07. The van der Waals surface area contributed by atoms with Crippen LogP contribution in [0.3, 0.4) is 0 Å². The first-order valence-corrected chi connectivity index (χ1v) is 4.69. The van der Waals surface area contributed by atoms with E-state index in [1.165, 1.54) is 6.08 Å². The highest BCUT2D eigenvalue weighted by Crippen LogP contribution is 1.89. The zero-order valence-electron chi connectivity index (χ0n) is 8.84. The topological polar surface area (TPSA) is 32.3 Å². The average Bonchev–Trinajstić information content (AvgIpc) is 2.10. The minimum atomic E-state index is -0.00968. The van der Waals surface area contributed by atoms with E-state index in [-0.39, 0.29) is 5.91 Å². The Balaban J connectivity index is 3.42. The summed E-state index contributed by atoms with van der Waals surface area (Å²) in [5, 5.41) is 3.29. The molecule has 13 heavy (non-hydrogen) atoms. The van der Waals surface area contributed by atoms with Gasteiger partial charge in [0.05, 0.1) is 0 Å². The van der Waals surface area contributed by atoms with Gasteiger partial charge in [-0.05, 0) is 19.0 Å². The lowest BCUT2D eigenvalue weighted by atomic mass is 10.3. The van der Waals surface area contributed by atoms with Crippen LogP contribution in [0.5, 0.6) is 0 Å². The van der Waals surface area contributed by atoms with Crippen LogP contribution in [-0.2, 0) is 4.79 Å². The Bertz CT molecular complexity index is 166. The lowest BCUT2D eigenvalue weighted by molar-refractivity contribution is -0.124. The van der Waals surface area contributed by atoms with Gasteiger partial charge in [0.15, 0.2) is 0 Å². The molecule has 76 valence electrons. The second kappa shape index (κ2) is 6.66. The maximum absolute atomic E-state index is 11.0. The highest BCUT2D eigenvalue weighted by Gasteiger charge is 2.02. The Hall–Kier alpha value is -0.830. The van der Waals surface area contributed by atoms with Crippen molar-refractivity contribution in [3.05, 3.63) is 12.7 Å². The molecule has 1 amide bonds. The van der Waals surface area contributed by atoms with Gasteiger partial charge in [-0.2, -0.15) is 0 Å². The molecule has 0 bridgehead atoms. The first-order valence-electron chi connectivity index (χ1n) is 4.69. The van der Waals surface area contributed by atoms with E-state index in [1.807, 2.05) is 0 Å². The highest BCUT2D eigenvalue weighted by atomic mass is 16.2. The normalized spacial score (nSPS) is 10.2. The summed E-state index contributed by atoms with van der Waals surface area (Å²) >= 11 is 0. The molecule has 0 aromatic rings. The van der Waals surface area contributed by atoms with Crippen LogP contribution < -0.4 is 5.32 Å². The molecule has 0 aliphatic rings. The van der Waals surface area contributed by atoms with Crippen molar-refractivity contribution in [3.8, 4) is 0 Å². The largest absolute Gasteiger partial charge is 0.342 e. The van der Waals surface area contributed by atoms with Gasteiger partial charge in [0.1, 0.15) is 0 Å².